The predicted molar refractivity (Wildman–Crippen MR) is 50.9 cm³/mol. The van der Waals surface area contributed by atoms with Crippen LogP contribution in [0.3, 0.4) is 0 Å². The number of aromatic nitrogens is 2. The van der Waals surface area contributed by atoms with Crippen molar-refractivity contribution < 1.29 is 23.5 Å². The topological polar surface area (TPSA) is 105 Å². The standard InChI is InChI=1S/C9H7F2N3O3/c10-7-3(15)1-4(16)8(11)6(7)9-13-5(2-12)17-14-9/h1,15-16H,2,12H2. The molecule has 0 fully saturated rings. The average molecular weight is 243 g/mol. The third kappa shape index (κ3) is 1.78. The summed E-state index contributed by atoms with van der Waals surface area (Å²) in [4.78, 5) is 3.60. The second kappa shape index (κ2) is 3.98. The van der Waals surface area contributed by atoms with Crippen molar-refractivity contribution in [2.24, 2.45) is 5.73 Å². The Morgan fingerprint density at radius 3 is 2.29 bits per heavy atom. The van der Waals surface area contributed by atoms with E-state index < -0.39 is 34.5 Å². The van der Waals surface area contributed by atoms with Gasteiger partial charge < -0.3 is 20.5 Å². The van der Waals surface area contributed by atoms with E-state index in [0.717, 1.165) is 0 Å². The third-order valence-electron chi connectivity index (χ3n) is 2.03. The molecule has 1 aromatic carbocycles. The number of phenolic OH excluding ortho intramolecular Hbond substituents is 2. The summed E-state index contributed by atoms with van der Waals surface area (Å²) < 4.78 is 31.5. The molecule has 8 heteroatoms. The fourth-order valence-corrected chi connectivity index (χ4v) is 1.24. The van der Waals surface area contributed by atoms with Crippen LogP contribution in [-0.2, 0) is 6.54 Å². The highest BCUT2D eigenvalue weighted by molar-refractivity contribution is 5.62. The first-order chi connectivity index (χ1) is 8.04. The van der Waals surface area contributed by atoms with Gasteiger partial charge in [-0.2, -0.15) is 4.98 Å². The van der Waals surface area contributed by atoms with Gasteiger partial charge in [0.1, 0.15) is 5.56 Å². The van der Waals surface area contributed by atoms with Crippen LogP contribution in [0.1, 0.15) is 5.89 Å². The lowest BCUT2D eigenvalue weighted by molar-refractivity contribution is 0.378. The predicted octanol–water partition coefficient (Wildman–Crippen LogP) is 0.885. The zero-order valence-corrected chi connectivity index (χ0v) is 8.31. The Morgan fingerprint density at radius 1 is 1.24 bits per heavy atom. The molecule has 2 aromatic rings. The lowest BCUT2D eigenvalue weighted by Crippen LogP contribution is -1.97. The van der Waals surface area contributed by atoms with Crippen molar-refractivity contribution in [2.45, 2.75) is 6.54 Å². The van der Waals surface area contributed by atoms with Crippen LogP contribution in [-0.4, -0.2) is 20.4 Å². The van der Waals surface area contributed by atoms with Crippen LogP contribution >= 0.6 is 0 Å². The molecule has 0 unspecified atom stereocenters. The van der Waals surface area contributed by atoms with Crippen molar-refractivity contribution in [3.8, 4) is 22.9 Å². The molecule has 4 N–H and O–H groups in total. The maximum absolute atomic E-state index is 13.5. The Labute approximate surface area is 93.3 Å². The Morgan fingerprint density at radius 2 is 1.82 bits per heavy atom. The molecule has 0 amide bonds. The molecule has 0 saturated carbocycles. The molecule has 0 aliphatic heterocycles. The highest BCUT2D eigenvalue weighted by Gasteiger charge is 2.23. The number of benzene rings is 1. The van der Waals surface area contributed by atoms with Gasteiger partial charge in [-0.15, -0.1) is 0 Å². The van der Waals surface area contributed by atoms with E-state index in [0.29, 0.717) is 6.07 Å². The molecule has 90 valence electrons. The SMILES string of the molecule is NCc1nc(-c2c(F)c(O)cc(O)c2F)no1. The molecular formula is C9H7F2N3O3. The Hall–Kier alpha value is -2.22. The van der Waals surface area contributed by atoms with E-state index in [1.807, 2.05) is 0 Å². The summed E-state index contributed by atoms with van der Waals surface area (Å²) in [7, 11) is 0. The van der Waals surface area contributed by atoms with Crippen LogP contribution in [0.25, 0.3) is 11.4 Å². The van der Waals surface area contributed by atoms with E-state index in [1.54, 1.807) is 0 Å². The molecule has 17 heavy (non-hydrogen) atoms. The van der Waals surface area contributed by atoms with Crippen molar-refractivity contribution in [3.63, 3.8) is 0 Å². The zero-order chi connectivity index (χ0) is 12.6. The number of halogens is 2. The number of hydrogen-bond donors (Lipinski definition) is 3. The summed E-state index contributed by atoms with van der Waals surface area (Å²) >= 11 is 0. The number of nitrogens with zero attached hydrogens (tertiary/aromatic N) is 2. The number of rotatable bonds is 2. The summed E-state index contributed by atoms with van der Waals surface area (Å²) in [5.74, 6) is -4.88. The van der Waals surface area contributed by atoms with Gasteiger partial charge in [-0.05, 0) is 0 Å². The summed E-state index contributed by atoms with van der Waals surface area (Å²) in [6.45, 7) is -0.0962. The van der Waals surface area contributed by atoms with Crippen molar-refractivity contribution in [1.82, 2.24) is 10.1 Å². The fraction of sp³-hybridized carbons (Fsp3) is 0.111. The molecule has 2 rings (SSSR count). The monoisotopic (exact) mass is 243 g/mol. The van der Waals surface area contributed by atoms with Crippen LogP contribution in [0.4, 0.5) is 8.78 Å². The second-order valence-electron chi connectivity index (χ2n) is 3.13. The van der Waals surface area contributed by atoms with Gasteiger partial charge >= 0.3 is 0 Å². The first kappa shape index (κ1) is 11.3. The molecule has 0 radical (unpaired) electrons. The van der Waals surface area contributed by atoms with Gasteiger partial charge in [0.15, 0.2) is 23.1 Å². The minimum atomic E-state index is -1.29. The number of phenols is 2. The highest BCUT2D eigenvalue weighted by atomic mass is 19.1. The van der Waals surface area contributed by atoms with Gasteiger partial charge in [-0.3, -0.25) is 0 Å². The van der Waals surface area contributed by atoms with E-state index in [4.69, 9.17) is 15.9 Å². The van der Waals surface area contributed by atoms with Crippen LogP contribution < -0.4 is 5.73 Å². The van der Waals surface area contributed by atoms with Crippen molar-refractivity contribution in [3.05, 3.63) is 23.6 Å². The van der Waals surface area contributed by atoms with Crippen LogP contribution in [0.15, 0.2) is 10.6 Å². The molecule has 0 spiro atoms. The minimum absolute atomic E-state index is 0.0263. The molecule has 0 saturated heterocycles. The Bertz CT molecular complexity index is 545. The number of nitrogens with two attached hydrogens (primary N) is 1. The summed E-state index contributed by atoms with van der Waals surface area (Å²) in [6.07, 6.45) is 0. The average Bonchev–Trinajstić information content (AvgIpc) is 2.75. The molecule has 0 bridgehead atoms. The summed E-state index contributed by atoms with van der Waals surface area (Å²) in [5, 5.41) is 21.5. The third-order valence-corrected chi connectivity index (χ3v) is 2.03. The minimum Gasteiger partial charge on any atom is -0.505 e. The summed E-state index contributed by atoms with van der Waals surface area (Å²) in [6, 6.07) is 0.540. The maximum atomic E-state index is 13.5. The zero-order valence-electron chi connectivity index (χ0n) is 8.31. The molecule has 0 atom stereocenters. The van der Waals surface area contributed by atoms with E-state index in [2.05, 4.69) is 14.7 Å². The number of aromatic hydroxyl groups is 2. The van der Waals surface area contributed by atoms with Gasteiger partial charge in [0.05, 0.1) is 6.54 Å². The molecule has 0 aliphatic carbocycles. The van der Waals surface area contributed by atoms with Gasteiger partial charge in [0.25, 0.3) is 0 Å². The Balaban J connectivity index is 2.65. The Kier molecular flexibility index (Phi) is 2.64. The first-order valence-corrected chi connectivity index (χ1v) is 4.47. The maximum Gasteiger partial charge on any atom is 0.240 e. The first-order valence-electron chi connectivity index (χ1n) is 4.47. The molecular weight excluding hydrogens is 236 g/mol. The van der Waals surface area contributed by atoms with E-state index in [9.17, 15) is 8.78 Å². The molecule has 6 nitrogen and oxygen atoms in total. The fourth-order valence-electron chi connectivity index (χ4n) is 1.24. The largest absolute Gasteiger partial charge is 0.505 e. The molecule has 1 aromatic heterocycles. The quantitative estimate of drug-likeness (QED) is 0.723. The van der Waals surface area contributed by atoms with Gasteiger partial charge in [0, 0.05) is 6.07 Å². The van der Waals surface area contributed by atoms with E-state index >= 15 is 0 Å². The van der Waals surface area contributed by atoms with Gasteiger partial charge in [-0.1, -0.05) is 5.16 Å². The van der Waals surface area contributed by atoms with Crippen LogP contribution in [0.5, 0.6) is 11.5 Å². The van der Waals surface area contributed by atoms with E-state index in [1.165, 1.54) is 0 Å². The number of hydrogen-bond acceptors (Lipinski definition) is 6. The lowest BCUT2D eigenvalue weighted by atomic mass is 10.1. The van der Waals surface area contributed by atoms with Crippen molar-refractivity contribution in [1.29, 1.82) is 0 Å². The van der Waals surface area contributed by atoms with Crippen molar-refractivity contribution >= 4 is 0 Å². The van der Waals surface area contributed by atoms with Crippen LogP contribution in [0.2, 0.25) is 0 Å². The second-order valence-corrected chi connectivity index (χ2v) is 3.13. The normalized spacial score (nSPS) is 10.8. The van der Waals surface area contributed by atoms with Gasteiger partial charge in [0.2, 0.25) is 11.7 Å². The van der Waals surface area contributed by atoms with Crippen molar-refractivity contribution in [2.75, 3.05) is 0 Å². The lowest BCUT2D eigenvalue weighted by Gasteiger charge is -2.04. The smallest absolute Gasteiger partial charge is 0.240 e. The van der Waals surface area contributed by atoms with Gasteiger partial charge in [-0.25, -0.2) is 8.78 Å². The summed E-state index contributed by atoms with van der Waals surface area (Å²) in [5.41, 5.74) is 4.42. The molecule has 0 aliphatic rings. The van der Waals surface area contributed by atoms with Crippen LogP contribution in [0, 0.1) is 11.6 Å². The molecule has 1 heterocycles. The van der Waals surface area contributed by atoms with E-state index in [-0.39, 0.29) is 12.4 Å². The highest BCUT2D eigenvalue weighted by Crippen LogP contribution is 2.35.